The Kier molecular flexibility index (Phi) is 7.58. The number of urea groups is 1. The molecule has 0 saturated carbocycles. The Morgan fingerprint density at radius 1 is 1.00 bits per heavy atom. The molecular weight excluding hydrogens is 402 g/mol. The van der Waals surface area contributed by atoms with Crippen molar-refractivity contribution in [1.29, 1.82) is 0 Å². The predicted octanol–water partition coefficient (Wildman–Crippen LogP) is 3.06. The van der Waals surface area contributed by atoms with Gasteiger partial charge in [0.2, 0.25) is 0 Å². The van der Waals surface area contributed by atoms with Gasteiger partial charge in [0.25, 0.3) is 5.91 Å². The van der Waals surface area contributed by atoms with Gasteiger partial charge in [-0.05, 0) is 48.4 Å². The summed E-state index contributed by atoms with van der Waals surface area (Å²) in [6.45, 7) is 2.81. The van der Waals surface area contributed by atoms with Crippen LogP contribution in [0.1, 0.15) is 15.9 Å². The Labute approximate surface area is 181 Å². The van der Waals surface area contributed by atoms with Gasteiger partial charge in [-0.3, -0.25) is 4.79 Å². The van der Waals surface area contributed by atoms with Crippen molar-refractivity contribution in [2.45, 2.75) is 6.42 Å². The normalized spacial score (nSPS) is 13.5. The predicted molar refractivity (Wildman–Crippen MR) is 117 cm³/mol. The SMILES string of the molecule is C#CCOc1ccc(CCNC(=O)N2CCN(C(=O)c3ccc(Cl)cc3)CC2)cc1. The first kappa shape index (κ1) is 21.5. The monoisotopic (exact) mass is 425 g/mol. The second kappa shape index (κ2) is 10.6. The molecule has 7 heteroatoms. The van der Waals surface area contributed by atoms with Crippen molar-refractivity contribution in [3.05, 3.63) is 64.7 Å². The molecule has 30 heavy (non-hydrogen) atoms. The van der Waals surface area contributed by atoms with Crippen LogP contribution < -0.4 is 10.1 Å². The molecule has 0 aromatic heterocycles. The highest BCUT2D eigenvalue weighted by Gasteiger charge is 2.24. The molecule has 1 saturated heterocycles. The molecule has 0 unspecified atom stereocenters. The number of halogens is 1. The smallest absolute Gasteiger partial charge is 0.317 e. The molecule has 1 N–H and O–H groups in total. The highest BCUT2D eigenvalue weighted by atomic mass is 35.5. The summed E-state index contributed by atoms with van der Waals surface area (Å²) in [4.78, 5) is 28.4. The molecule has 0 radical (unpaired) electrons. The summed E-state index contributed by atoms with van der Waals surface area (Å²) >= 11 is 5.87. The van der Waals surface area contributed by atoms with E-state index in [1.54, 1.807) is 34.1 Å². The number of amides is 3. The van der Waals surface area contributed by atoms with Gasteiger partial charge in [-0.1, -0.05) is 29.7 Å². The number of rotatable bonds is 6. The molecule has 2 aromatic carbocycles. The third-order valence-corrected chi connectivity index (χ3v) is 5.13. The minimum Gasteiger partial charge on any atom is -0.481 e. The van der Waals surface area contributed by atoms with Crippen molar-refractivity contribution in [1.82, 2.24) is 15.1 Å². The quantitative estimate of drug-likeness (QED) is 0.723. The van der Waals surface area contributed by atoms with Crippen molar-refractivity contribution in [3.8, 4) is 18.1 Å². The number of hydrogen-bond acceptors (Lipinski definition) is 3. The lowest BCUT2D eigenvalue weighted by Crippen LogP contribution is -2.53. The molecule has 2 aromatic rings. The number of piperazine rings is 1. The van der Waals surface area contributed by atoms with E-state index in [4.69, 9.17) is 22.8 Å². The van der Waals surface area contributed by atoms with Crippen LogP contribution in [0, 0.1) is 12.3 Å². The summed E-state index contributed by atoms with van der Waals surface area (Å²) in [5.74, 6) is 3.12. The summed E-state index contributed by atoms with van der Waals surface area (Å²) in [7, 11) is 0. The van der Waals surface area contributed by atoms with Crippen LogP contribution in [-0.4, -0.2) is 61.1 Å². The second-order valence-electron chi connectivity index (χ2n) is 6.90. The summed E-state index contributed by atoms with van der Waals surface area (Å²) < 4.78 is 5.34. The minimum absolute atomic E-state index is 0.0404. The van der Waals surface area contributed by atoms with Crippen molar-refractivity contribution in [2.75, 3.05) is 39.3 Å². The van der Waals surface area contributed by atoms with E-state index in [2.05, 4.69) is 11.2 Å². The van der Waals surface area contributed by atoms with E-state index in [1.807, 2.05) is 24.3 Å². The van der Waals surface area contributed by atoms with Crippen LogP contribution in [0.4, 0.5) is 4.79 Å². The van der Waals surface area contributed by atoms with E-state index < -0.39 is 0 Å². The Bertz CT molecular complexity index is 899. The fraction of sp³-hybridized carbons (Fsp3) is 0.304. The highest BCUT2D eigenvalue weighted by molar-refractivity contribution is 6.30. The van der Waals surface area contributed by atoms with Gasteiger partial charge in [-0.15, -0.1) is 6.42 Å². The van der Waals surface area contributed by atoms with Crippen LogP contribution in [0.2, 0.25) is 5.02 Å². The van der Waals surface area contributed by atoms with E-state index in [-0.39, 0.29) is 18.5 Å². The summed E-state index contributed by atoms with van der Waals surface area (Å²) in [5.41, 5.74) is 1.70. The number of terminal acetylenes is 1. The van der Waals surface area contributed by atoms with Crippen LogP contribution >= 0.6 is 11.6 Å². The molecular formula is C23H24ClN3O3. The van der Waals surface area contributed by atoms with Gasteiger partial charge in [-0.2, -0.15) is 0 Å². The maximum Gasteiger partial charge on any atom is 0.317 e. The first-order chi connectivity index (χ1) is 14.6. The van der Waals surface area contributed by atoms with Crippen LogP contribution in [0.15, 0.2) is 48.5 Å². The van der Waals surface area contributed by atoms with Crippen molar-refractivity contribution < 1.29 is 14.3 Å². The number of ether oxygens (including phenoxy) is 1. The van der Waals surface area contributed by atoms with Crippen LogP contribution in [0.3, 0.4) is 0 Å². The molecule has 0 aliphatic carbocycles. The fourth-order valence-electron chi connectivity index (χ4n) is 3.19. The molecule has 6 nitrogen and oxygen atoms in total. The largest absolute Gasteiger partial charge is 0.481 e. The van der Waals surface area contributed by atoms with E-state index in [0.29, 0.717) is 43.3 Å². The Morgan fingerprint density at radius 2 is 1.63 bits per heavy atom. The van der Waals surface area contributed by atoms with Crippen LogP contribution in [0.25, 0.3) is 0 Å². The van der Waals surface area contributed by atoms with Gasteiger partial charge in [-0.25, -0.2) is 4.79 Å². The average molecular weight is 426 g/mol. The zero-order chi connectivity index (χ0) is 21.3. The van der Waals surface area contributed by atoms with Crippen LogP contribution in [0.5, 0.6) is 5.75 Å². The van der Waals surface area contributed by atoms with Gasteiger partial charge in [0.05, 0.1) is 0 Å². The summed E-state index contributed by atoms with van der Waals surface area (Å²) in [6, 6.07) is 14.4. The molecule has 1 fully saturated rings. The lowest BCUT2D eigenvalue weighted by atomic mass is 10.1. The number of benzene rings is 2. The molecule has 0 atom stereocenters. The average Bonchev–Trinajstić information content (AvgIpc) is 2.78. The first-order valence-electron chi connectivity index (χ1n) is 9.79. The molecule has 1 aliphatic heterocycles. The molecule has 3 amide bonds. The Morgan fingerprint density at radius 3 is 2.27 bits per heavy atom. The van der Waals surface area contributed by atoms with Crippen LogP contribution in [-0.2, 0) is 6.42 Å². The Hall–Kier alpha value is -3.17. The highest BCUT2D eigenvalue weighted by Crippen LogP contribution is 2.14. The molecule has 156 valence electrons. The topological polar surface area (TPSA) is 61.9 Å². The van der Waals surface area contributed by atoms with E-state index in [9.17, 15) is 9.59 Å². The lowest BCUT2D eigenvalue weighted by Gasteiger charge is -2.34. The standard InChI is InChI=1S/C23H24ClN3O3/c1-2-17-30-21-9-3-18(4-10-21)11-12-25-23(29)27-15-13-26(14-16-27)22(28)19-5-7-20(24)8-6-19/h1,3-10H,11-17H2,(H,25,29). The lowest BCUT2D eigenvalue weighted by molar-refractivity contribution is 0.0665. The number of nitrogens with one attached hydrogen (secondary N) is 1. The molecule has 1 aliphatic rings. The van der Waals surface area contributed by atoms with Gasteiger partial charge in [0.15, 0.2) is 0 Å². The summed E-state index contributed by atoms with van der Waals surface area (Å²) in [6.07, 6.45) is 5.89. The number of carbonyl (C=O) groups is 2. The zero-order valence-electron chi connectivity index (χ0n) is 16.6. The van der Waals surface area contributed by atoms with Gasteiger partial charge >= 0.3 is 6.03 Å². The maximum absolute atomic E-state index is 12.5. The fourth-order valence-corrected chi connectivity index (χ4v) is 3.32. The minimum atomic E-state index is -0.109. The third kappa shape index (κ3) is 5.91. The van der Waals surface area contributed by atoms with E-state index in [1.165, 1.54) is 0 Å². The number of nitrogens with zero attached hydrogens (tertiary/aromatic N) is 2. The van der Waals surface area contributed by atoms with Crippen molar-refractivity contribution in [2.24, 2.45) is 0 Å². The van der Waals surface area contributed by atoms with Gasteiger partial charge in [0.1, 0.15) is 12.4 Å². The van der Waals surface area contributed by atoms with Crippen molar-refractivity contribution in [3.63, 3.8) is 0 Å². The summed E-state index contributed by atoms with van der Waals surface area (Å²) in [5, 5.41) is 3.54. The Balaban J connectivity index is 1.39. The molecule has 1 heterocycles. The molecule has 0 bridgehead atoms. The van der Waals surface area contributed by atoms with Gasteiger partial charge in [0, 0.05) is 43.3 Å². The first-order valence-corrected chi connectivity index (χ1v) is 10.2. The molecule has 3 rings (SSSR count). The zero-order valence-corrected chi connectivity index (χ0v) is 17.4. The third-order valence-electron chi connectivity index (χ3n) is 4.88. The van der Waals surface area contributed by atoms with E-state index in [0.717, 1.165) is 17.7 Å². The number of hydrogen-bond donors (Lipinski definition) is 1. The van der Waals surface area contributed by atoms with Gasteiger partial charge < -0.3 is 19.9 Å². The molecule has 0 spiro atoms. The second-order valence-corrected chi connectivity index (χ2v) is 7.34. The maximum atomic E-state index is 12.5. The van der Waals surface area contributed by atoms with Crippen molar-refractivity contribution >= 4 is 23.5 Å². The van der Waals surface area contributed by atoms with E-state index >= 15 is 0 Å². The number of carbonyl (C=O) groups excluding carboxylic acids is 2.